The van der Waals surface area contributed by atoms with Crippen LogP contribution in [-0.2, 0) is 0 Å². The third-order valence-corrected chi connectivity index (χ3v) is 9.82. The van der Waals surface area contributed by atoms with Gasteiger partial charge < -0.3 is 24.0 Å². The first kappa shape index (κ1) is 51.6. The number of carboxylic acid groups (broad SMARTS) is 2. The average molecular weight is 685 g/mol. The van der Waals surface area contributed by atoms with Gasteiger partial charge in [0.15, 0.2) is 0 Å². The molecular formula is C43H92N2O3. The lowest BCUT2D eigenvalue weighted by atomic mass is 10.0. The Kier molecular flexibility index (Phi) is 40.2. The highest BCUT2D eigenvalue weighted by Crippen LogP contribution is 2.15. The Labute approximate surface area is 304 Å². The predicted molar refractivity (Wildman–Crippen MR) is 210 cm³/mol. The molecule has 0 aliphatic rings. The molecule has 0 unspecified atom stereocenters. The summed E-state index contributed by atoms with van der Waals surface area (Å²) in [5, 5.41) is 16.7. The normalized spacial score (nSPS) is 11.8. The van der Waals surface area contributed by atoms with Crippen LogP contribution in [0, 0.1) is 11.8 Å². The van der Waals surface area contributed by atoms with Crippen LogP contribution in [0.4, 0.5) is 4.79 Å². The molecule has 0 saturated carbocycles. The summed E-state index contributed by atoms with van der Waals surface area (Å²) in [5.74, 6) is 1.77. The maximum absolute atomic E-state index is 8.33. The van der Waals surface area contributed by atoms with Crippen LogP contribution in [0.2, 0.25) is 0 Å². The van der Waals surface area contributed by atoms with Crippen molar-refractivity contribution in [2.75, 3.05) is 54.4 Å². The Hall–Kier alpha value is -0.810. The Balaban J connectivity index is -0.000000758. The molecule has 0 rings (SSSR count). The maximum Gasteiger partial charge on any atom is 0.0782 e. The summed E-state index contributed by atoms with van der Waals surface area (Å²) in [4.78, 5) is 8.33. The summed E-state index contributed by atoms with van der Waals surface area (Å²) in [5.41, 5.74) is 0. The average Bonchev–Trinajstić information content (AvgIpc) is 2.99. The van der Waals surface area contributed by atoms with Crippen molar-refractivity contribution in [2.45, 2.75) is 208 Å². The summed E-state index contributed by atoms with van der Waals surface area (Å²) in [7, 11) is 9.70. The Morgan fingerprint density at radius 1 is 0.396 bits per heavy atom. The van der Waals surface area contributed by atoms with E-state index in [0.29, 0.717) is 0 Å². The van der Waals surface area contributed by atoms with Crippen LogP contribution in [-0.4, -0.2) is 69.5 Å². The van der Waals surface area contributed by atoms with E-state index in [1.165, 1.54) is 202 Å². The molecular weight excluding hydrogens is 592 g/mol. The summed E-state index contributed by atoms with van der Waals surface area (Å²) in [6, 6.07) is 0. The van der Waals surface area contributed by atoms with Crippen LogP contribution in [0.25, 0.3) is 0 Å². The van der Waals surface area contributed by atoms with E-state index in [4.69, 9.17) is 15.0 Å². The van der Waals surface area contributed by atoms with E-state index in [2.05, 4.69) is 69.7 Å². The molecule has 48 heavy (non-hydrogen) atoms. The molecule has 5 heteroatoms. The second kappa shape index (κ2) is 37.4. The SMILES string of the molecule is CCCCCCCCCC[N+](C)(C)CCCCCCC(C)C.CCCCCCCCCC[N+](C)(C)CCCCCCC(C)C.O=C([O-])[O-]. The Morgan fingerprint density at radius 3 is 0.792 bits per heavy atom. The van der Waals surface area contributed by atoms with Gasteiger partial charge in [0.05, 0.1) is 54.4 Å². The Bertz CT molecular complexity index is 582. The Morgan fingerprint density at radius 2 is 0.583 bits per heavy atom. The van der Waals surface area contributed by atoms with E-state index in [1.807, 2.05) is 0 Å². The second-order valence-electron chi connectivity index (χ2n) is 17.2. The number of nitrogens with zero attached hydrogens (tertiary/aromatic N) is 2. The molecule has 5 nitrogen and oxygen atoms in total. The number of hydrogen-bond donors (Lipinski definition) is 0. The molecule has 0 aromatic rings. The smallest absolute Gasteiger partial charge is 0.0782 e. The van der Waals surface area contributed by atoms with Crippen LogP contribution in [0.3, 0.4) is 0 Å². The van der Waals surface area contributed by atoms with Gasteiger partial charge in [-0.3, -0.25) is 0 Å². The molecule has 0 spiro atoms. The van der Waals surface area contributed by atoms with Crippen LogP contribution in [0.1, 0.15) is 208 Å². The molecule has 0 amide bonds. The first-order valence-corrected chi connectivity index (χ1v) is 21.2. The van der Waals surface area contributed by atoms with Crippen molar-refractivity contribution < 1.29 is 24.0 Å². The largest absolute Gasteiger partial charge is 0.652 e. The van der Waals surface area contributed by atoms with E-state index < -0.39 is 6.16 Å². The molecule has 0 saturated heterocycles. The quantitative estimate of drug-likeness (QED) is 0.0523. The van der Waals surface area contributed by atoms with Gasteiger partial charge in [0.1, 0.15) is 0 Å². The zero-order valence-corrected chi connectivity index (χ0v) is 35.0. The first-order valence-electron chi connectivity index (χ1n) is 21.2. The topological polar surface area (TPSA) is 63.2 Å². The molecule has 0 N–H and O–H groups in total. The zero-order chi connectivity index (χ0) is 36.9. The molecule has 0 atom stereocenters. The van der Waals surface area contributed by atoms with Crippen LogP contribution < -0.4 is 10.2 Å². The van der Waals surface area contributed by atoms with E-state index in [9.17, 15) is 0 Å². The zero-order valence-electron chi connectivity index (χ0n) is 35.0. The lowest BCUT2D eigenvalue weighted by molar-refractivity contribution is -0.890. The molecule has 0 aliphatic heterocycles. The molecule has 0 radical (unpaired) electrons. The highest BCUT2D eigenvalue weighted by atomic mass is 16.6. The summed E-state index contributed by atoms with van der Waals surface area (Å²) >= 11 is 0. The second-order valence-corrected chi connectivity index (χ2v) is 17.2. The highest BCUT2D eigenvalue weighted by Gasteiger charge is 2.14. The van der Waals surface area contributed by atoms with E-state index >= 15 is 0 Å². The molecule has 292 valence electrons. The summed E-state index contributed by atoms with van der Waals surface area (Å²) < 4.78 is 2.47. The molecule has 0 aliphatic carbocycles. The lowest BCUT2D eigenvalue weighted by Crippen LogP contribution is -2.41. The predicted octanol–water partition coefficient (Wildman–Crippen LogP) is 11.2. The fraction of sp³-hybridized carbons (Fsp3) is 0.977. The van der Waals surface area contributed by atoms with Gasteiger partial charge >= 0.3 is 0 Å². The number of carbonyl (C=O) groups is 1. The maximum atomic E-state index is 8.33. The fourth-order valence-corrected chi connectivity index (χ4v) is 6.46. The third kappa shape index (κ3) is 52.0. The molecule has 0 aromatic heterocycles. The first-order chi connectivity index (χ1) is 22.7. The van der Waals surface area contributed by atoms with Gasteiger partial charge in [-0.2, -0.15) is 0 Å². The highest BCUT2D eigenvalue weighted by molar-refractivity contribution is 5.47. The van der Waals surface area contributed by atoms with Gasteiger partial charge in [-0.05, 0) is 69.4 Å². The van der Waals surface area contributed by atoms with Gasteiger partial charge in [0, 0.05) is 0 Å². The summed E-state index contributed by atoms with van der Waals surface area (Å²) in [6.07, 6.45) is 35.0. The number of rotatable bonds is 32. The van der Waals surface area contributed by atoms with Crippen molar-refractivity contribution >= 4 is 6.16 Å². The minimum Gasteiger partial charge on any atom is -0.652 e. The van der Waals surface area contributed by atoms with E-state index in [-0.39, 0.29) is 0 Å². The number of carbonyl (C=O) groups excluding carboxylic acids is 1. The van der Waals surface area contributed by atoms with Gasteiger partial charge in [0.25, 0.3) is 0 Å². The van der Waals surface area contributed by atoms with Gasteiger partial charge in [0.2, 0.25) is 0 Å². The minimum atomic E-state index is -2.33. The van der Waals surface area contributed by atoms with Crippen molar-refractivity contribution in [3.63, 3.8) is 0 Å². The van der Waals surface area contributed by atoms with Crippen molar-refractivity contribution in [3.05, 3.63) is 0 Å². The van der Waals surface area contributed by atoms with Crippen molar-refractivity contribution in [1.82, 2.24) is 0 Å². The van der Waals surface area contributed by atoms with E-state index in [1.54, 1.807) is 0 Å². The number of unbranched alkanes of at least 4 members (excludes halogenated alkanes) is 20. The van der Waals surface area contributed by atoms with Crippen molar-refractivity contribution in [2.24, 2.45) is 11.8 Å². The molecule has 0 bridgehead atoms. The molecule has 0 fully saturated rings. The monoisotopic (exact) mass is 685 g/mol. The standard InChI is InChI=1S/2C21H46N.CH2O3/c2*1-6-7-8-9-10-11-13-16-19-22(4,5)20-17-14-12-15-18-21(2)3;2-1(3)4/h2*21H,6-20H2,1-5H3;(H2,2,3,4)/q2*+1;/p-2. The number of quaternary nitrogens is 2. The van der Waals surface area contributed by atoms with Gasteiger partial charge in [-0.1, -0.05) is 157 Å². The minimum absolute atomic E-state index is 0.884. The van der Waals surface area contributed by atoms with Crippen molar-refractivity contribution in [1.29, 1.82) is 0 Å². The lowest BCUT2D eigenvalue weighted by Gasteiger charge is -2.30. The van der Waals surface area contributed by atoms with Gasteiger partial charge in [-0.15, -0.1) is 0 Å². The van der Waals surface area contributed by atoms with Gasteiger partial charge in [-0.25, -0.2) is 0 Å². The molecule has 0 aromatic carbocycles. The number of hydrogen-bond acceptors (Lipinski definition) is 3. The fourth-order valence-electron chi connectivity index (χ4n) is 6.46. The van der Waals surface area contributed by atoms with Crippen LogP contribution in [0.15, 0.2) is 0 Å². The molecule has 0 heterocycles. The summed E-state index contributed by atoms with van der Waals surface area (Å²) in [6.45, 7) is 19.4. The third-order valence-electron chi connectivity index (χ3n) is 9.82. The van der Waals surface area contributed by atoms with Crippen LogP contribution >= 0.6 is 0 Å². The van der Waals surface area contributed by atoms with E-state index in [0.717, 1.165) is 11.8 Å². The van der Waals surface area contributed by atoms with Crippen molar-refractivity contribution in [3.8, 4) is 0 Å². The van der Waals surface area contributed by atoms with Crippen LogP contribution in [0.5, 0.6) is 0 Å².